The molecule has 3 rings (SSSR count). The summed E-state index contributed by atoms with van der Waals surface area (Å²) in [5, 5.41) is 0. The lowest BCUT2D eigenvalue weighted by molar-refractivity contribution is 0.103. The molecule has 0 saturated heterocycles. The van der Waals surface area contributed by atoms with Gasteiger partial charge < -0.3 is 4.98 Å². The van der Waals surface area contributed by atoms with Gasteiger partial charge in [-0.25, -0.2) is 4.98 Å². The highest BCUT2D eigenvalue weighted by molar-refractivity contribution is 7.79. The summed E-state index contributed by atoms with van der Waals surface area (Å²) in [4.78, 5) is 19.8. The van der Waals surface area contributed by atoms with Crippen LogP contribution < -0.4 is 0 Å². The SMILES string of the molecule is O=C(c1ccccc1)c1ccc2nc(CS)[nH]c2c1. The van der Waals surface area contributed by atoms with Gasteiger partial charge in [-0.15, -0.1) is 0 Å². The van der Waals surface area contributed by atoms with E-state index in [1.807, 2.05) is 42.5 Å². The molecule has 0 saturated carbocycles. The van der Waals surface area contributed by atoms with Crippen molar-refractivity contribution in [3.05, 3.63) is 65.5 Å². The van der Waals surface area contributed by atoms with Crippen molar-refractivity contribution in [2.24, 2.45) is 0 Å². The van der Waals surface area contributed by atoms with Crippen molar-refractivity contribution >= 4 is 29.4 Å². The molecule has 0 aliphatic heterocycles. The highest BCUT2D eigenvalue weighted by Crippen LogP contribution is 2.17. The Morgan fingerprint density at radius 1 is 1.11 bits per heavy atom. The summed E-state index contributed by atoms with van der Waals surface area (Å²) in [7, 11) is 0. The molecule has 4 heteroatoms. The molecule has 1 N–H and O–H groups in total. The highest BCUT2D eigenvalue weighted by atomic mass is 32.1. The van der Waals surface area contributed by atoms with Gasteiger partial charge in [-0.3, -0.25) is 4.79 Å². The van der Waals surface area contributed by atoms with E-state index in [0.29, 0.717) is 16.9 Å². The molecule has 2 aromatic carbocycles. The molecule has 0 aliphatic rings. The zero-order valence-electron chi connectivity index (χ0n) is 10.1. The molecule has 0 amide bonds. The fraction of sp³-hybridized carbons (Fsp3) is 0.0667. The van der Waals surface area contributed by atoms with Crippen LogP contribution in [-0.2, 0) is 5.75 Å². The third kappa shape index (κ3) is 2.27. The maximum atomic E-state index is 12.3. The molecule has 94 valence electrons. The number of imidazole rings is 1. The van der Waals surface area contributed by atoms with E-state index >= 15 is 0 Å². The monoisotopic (exact) mass is 268 g/mol. The smallest absolute Gasteiger partial charge is 0.193 e. The number of hydrogen-bond acceptors (Lipinski definition) is 3. The third-order valence-electron chi connectivity index (χ3n) is 2.98. The van der Waals surface area contributed by atoms with Crippen molar-refractivity contribution in [1.29, 1.82) is 0 Å². The number of hydrogen-bond donors (Lipinski definition) is 2. The first-order chi connectivity index (χ1) is 9.28. The van der Waals surface area contributed by atoms with E-state index in [1.54, 1.807) is 6.07 Å². The van der Waals surface area contributed by atoms with Crippen molar-refractivity contribution in [2.45, 2.75) is 5.75 Å². The Hall–Kier alpha value is -2.07. The molecule has 0 bridgehead atoms. The predicted molar refractivity (Wildman–Crippen MR) is 78.7 cm³/mol. The topological polar surface area (TPSA) is 45.8 Å². The fourth-order valence-corrected chi connectivity index (χ4v) is 2.18. The molecule has 3 aromatic rings. The van der Waals surface area contributed by atoms with Crippen LogP contribution >= 0.6 is 12.6 Å². The molecule has 3 nitrogen and oxygen atoms in total. The van der Waals surface area contributed by atoms with Crippen LogP contribution in [-0.4, -0.2) is 15.8 Å². The maximum absolute atomic E-state index is 12.3. The Morgan fingerprint density at radius 2 is 1.89 bits per heavy atom. The van der Waals surface area contributed by atoms with Crippen molar-refractivity contribution in [1.82, 2.24) is 9.97 Å². The lowest BCUT2D eigenvalue weighted by Gasteiger charge is -2.00. The molecule has 0 fully saturated rings. The number of nitrogens with zero attached hydrogens (tertiary/aromatic N) is 1. The zero-order chi connectivity index (χ0) is 13.2. The Kier molecular flexibility index (Phi) is 3.09. The van der Waals surface area contributed by atoms with Crippen LogP contribution in [0.2, 0.25) is 0 Å². The van der Waals surface area contributed by atoms with Gasteiger partial charge in [0, 0.05) is 16.9 Å². The van der Waals surface area contributed by atoms with E-state index in [0.717, 1.165) is 16.9 Å². The van der Waals surface area contributed by atoms with Gasteiger partial charge in [0.15, 0.2) is 5.78 Å². The second kappa shape index (κ2) is 4.90. The van der Waals surface area contributed by atoms with Gasteiger partial charge in [0.2, 0.25) is 0 Å². The van der Waals surface area contributed by atoms with Gasteiger partial charge in [-0.2, -0.15) is 12.6 Å². The first kappa shape index (κ1) is 12.0. The van der Waals surface area contributed by atoms with Gasteiger partial charge in [-0.1, -0.05) is 30.3 Å². The number of fused-ring (bicyclic) bond motifs is 1. The number of carbonyl (C=O) groups is 1. The number of ketones is 1. The second-order valence-electron chi connectivity index (χ2n) is 4.27. The molecule has 0 unspecified atom stereocenters. The minimum Gasteiger partial charge on any atom is -0.341 e. The zero-order valence-corrected chi connectivity index (χ0v) is 11.0. The fourth-order valence-electron chi connectivity index (χ4n) is 2.03. The number of carbonyl (C=O) groups excluding carboxylic acids is 1. The van der Waals surface area contributed by atoms with Crippen molar-refractivity contribution in [2.75, 3.05) is 0 Å². The third-order valence-corrected chi connectivity index (χ3v) is 3.28. The number of H-pyrrole nitrogens is 1. The van der Waals surface area contributed by atoms with Crippen LogP contribution in [0.4, 0.5) is 0 Å². The van der Waals surface area contributed by atoms with E-state index in [1.165, 1.54) is 0 Å². The van der Waals surface area contributed by atoms with Gasteiger partial charge in [0.05, 0.1) is 11.0 Å². The first-order valence-electron chi connectivity index (χ1n) is 5.97. The summed E-state index contributed by atoms with van der Waals surface area (Å²) in [6.45, 7) is 0. The molecule has 0 spiro atoms. The lowest BCUT2D eigenvalue weighted by atomic mass is 10.0. The Balaban J connectivity index is 2.03. The minimum atomic E-state index is 0.0181. The highest BCUT2D eigenvalue weighted by Gasteiger charge is 2.10. The molecule has 19 heavy (non-hydrogen) atoms. The quantitative estimate of drug-likeness (QED) is 0.566. The summed E-state index contributed by atoms with van der Waals surface area (Å²) in [5.74, 6) is 1.38. The summed E-state index contributed by atoms with van der Waals surface area (Å²) >= 11 is 4.18. The van der Waals surface area contributed by atoms with Gasteiger partial charge >= 0.3 is 0 Å². The molecule has 0 atom stereocenters. The average molecular weight is 268 g/mol. The summed E-state index contributed by atoms with van der Waals surface area (Å²) < 4.78 is 0. The first-order valence-corrected chi connectivity index (χ1v) is 6.60. The van der Waals surface area contributed by atoms with Crippen LogP contribution in [0.15, 0.2) is 48.5 Å². The van der Waals surface area contributed by atoms with Crippen LogP contribution in [0.3, 0.4) is 0 Å². The molecular formula is C15H12N2OS. The molecular weight excluding hydrogens is 256 g/mol. The summed E-state index contributed by atoms with van der Waals surface area (Å²) in [6, 6.07) is 14.8. The number of rotatable bonds is 3. The summed E-state index contributed by atoms with van der Waals surface area (Å²) in [5.41, 5.74) is 3.07. The normalized spacial score (nSPS) is 10.8. The lowest BCUT2D eigenvalue weighted by Crippen LogP contribution is -2.00. The maximum Gasteiger partial charge on any atom is 0.193 e. The van der Waals surface area contributed by atoms with Crippen molar-refractivity contribution in [3.8, 4) is 0 Å². The Labute approximate surface area is 116 Å². The van der Waals surface area contributed by atoms with Crippen LogP contribution in [0.5, 0.6) is 0 Å². The predicted octanol–water partition coefficient (Wildman–Crippen LogP) is 3.22. The number of benzene rings is 2. The number of thiol groups is 1. The molecule has 0 aliphatic carbocycles. The molecule has 0 radical (unpaired) electrons. The largest absolute Gasteiger partial charge is 0.341 e. The standard InChI is InChI=1S/C15H12N2OS/c18-15(10-4-2-1-3-5-10)11-6-7-12-13(8-11)17-14(9-19)16-12/h1-8,19H,9H2,(H,16,17). The molecule has 1 heterocycles. The van der Waals surface area contributed by atoms with Gasteiger partial charge in [0.1, 0.15) is 5.82 Å². The Morgan fingerprint density at radius 3 is 2.63 bits per heavy atom. The minimum absolute atomic E-state index is 0.0181. The van der Waals surface area contributed by atoms with E-state index in [2.05, 4.69) is 22.6 Å². The van der Waals surface area contributed by atoms with Crippen LogP contribution in [0, 0.1) is 0 Å². The second-order valence-corrected chi connectivity index (χ2v) is 4.58. The van der Waals surface area contributed by atoms with E-state index in [-0.39, 0.29) is 5.78 Å². The van der Waals surface area contributed by atoms with E-state index in [9.17, 15) is 4.79 Å². The van der Waals surface area contributed by atoms with E-state index < -0.39 is 0 Å². The van der Waals surface area contributed by atoms with Crippen molar-refractivity contribution in [3.63, 3.8) is 0 Å². The Bertz CT molecular complexity index is 734. The molecule has 1 aromatic heterocycles. The van der Waals surface area contributed by atoms with Gasteiger partial charge in [0.25, 0.3) is 0 Å². The van der Waals surface area contributed by atoms with Crippen LogP contribution in [0.25, 0.3) is 11.0 Å². The van der Waals surface area contributed by atoms with Crippen molar-refractivity contribution < 1.29 is 4.79 Å². The number of aromatic amines is 1. The average Bonchev–Trinajstić information content (AvgIpc) is 2.89. The number of aromatic nitrogens is 2. The van der Waals surface area contributed by atoms with Gasteiger partial charge in [-0.05, 0) is 18.2 Å². The number of nitrogens with one attached hydrogen (secondary N) is 1. The van der Waals surface area contributed by atoms with E-state index in [4.69, 9.17) is 0 Å². The summed E-state index contributed by atoms with van der Waals surface area (Å²) in [6.07, 6.45) is 0. The van der Waals surface area contributed by atoms with Crippen LogP contribution in [0.1, 0.15) is 21.7 Å².